The lowest BCUT2D eigenvalue weighted by Crippen LogP contribution is -2.61. The van der Waals surface area contributed by atoms with E-state index in [-0.39, 0.29) is 0 Å². The fraction of sp³-hybridized carbons (Fsp3) is 1.00. The van der Waals surface area contributed by atoms with Crippen LogP contribution in [0.15, 0.2) is 0 Å². The summed E-state index contributed by atoms with van der Waals surface area (Å²) in [6, 6.07) is 1.34. The van der Waals surface area contributed by atoms with E-state index >= 15 is 0 Å². The van der Waals surface area contributed by atoms with Crippen molar-refractivity contribution in [2.45, 2.75) is 45.2 Å². The lowest BCUT2D eigenvalue weighted by atomic mass is 10.4. The molecule has 0 aromatic rings. The average molecular weight is 188 g/mol. The second-order valence-corrected chi connectivity index (χ2v) is 8.33. The summed E-state index contributed by atoms with van der Waals surface area (Å²) < 4.78 is 0. The van der Waals surface area contributed by atoms with Gasteiger partial charge in [-0.25, -0.2) is 0 Å². The second-order valence-electron chi connectivity index (χ2n) is 3.73. The molecule has 0 saturated carbocycles. The van der Waals surface area contributed by atoms with Crippen molar-refractivity contribution >= 4 is 8.40 Å². The molecule has 0 aliphatic carbocycles. The minimum Gasteiger partial charge on any atom is -0.328 e. The summed E-state index contributed by atoms with van der Waals surface area (Å²) in [5.41, 5.74) is 0.763. The summed E-state index contributed by atoms with van der Waals surface area (Å²) in [5, 5.41) is 0. The smallest absolute Gasteiger partial charge is 0.203 e. The summed E-state index contributed by atoms with van der Waals surface area (Å²) in [6.07, 6.45) is 2.64. The van der Waals surface area contributed by atoms with Crippen LogP contribution in [0.5, 0.6) is 0 Å². The Bertz CT molecular complexity index is 111. The molecule has 0 aromatic heterocycles. The maximum Gasteiger partial charge on any atom is 0.203 e. The van der Waals surface area contributed by atoms with E-state index in [1.807, 2.05) is 0 Å². The van der Waals surface area contributed by atoms with Crippen molar-refractivity contribution in [3.63, 3.8) is 0 Å². The van der Waals surface area contributed by atoms with Gasteiger partial charge in [0.2, 0.25) is 8.40 Å². The van der Waals surface area contributed by atoms with Gasteiger partial charge in [-0.15, -0.1) is 0 Å². The zero-order chi connectivity index (χ0) is 9.61. The van der Waals surface area contributed by atoms with Crippen molar-refractivity contribution in [3.8, 4) is 0 Å². The summed E-state index contributed by atoms with van der Waals surface area (Å²) in [5.74, 6) is 0. The lowest BCUT2D eigenvalue weighted by molar-refractivity contribution is 0.783. The third-order valence-electron chi connectivity index (χ3n) is 2.80. The van der Waals surface area contributed by atoms with Crippen LogP contribution < -0.4 is 9.96 Å². The molecule has 0 unspecified atom stereocenters. The van der Waals surface area contributed by atoms with Gasteiger partial charge in [0, 0.05) is 0 Å². The quantitative estimate of drug-likeness (QED) is 0.624. The van der Waals surface area contributed by atoms with Crippen molar-refractivity contribution < 1.29 is 0 Å². The molecule has 74 valence electrons. The third-order valence-corrected chi connectivity index (χ3v) is 7.70. The van der Waals surface area contributed by atoms with Gasteiger partial charge in [-0.05, 0) is 25.7 Å². The van der Waals surface area contributed by atoms with Crippen LogP contribution in [-0.2, 0) is 0 Å². The van der Waals surface area contributed by atoms with Crippen molar-refractivity contribution in [1.29, 1.82) is 0 Å². The van der Waals surface area contributed by atoms with Crippen molar-refractivity contribution in [1.82, 2.24) is 9.96 Å². The molecular formula is C9H24N2Si. The molecule has 0 heterocycles. The van der Waals surface area contributed by atoms with E-state index in [1.54, 1.807) is 0 Å². The van der Waals surface area contributed by atoms with E-state index in [2.05, 4.69) is 44.8 Å². The van der Waals surface area contributed by atoms with Crippen LogP contribution in [0, 0.1) is 0 Å². The Kier molecular flexibility index (Phi) is 5.79. The first-order valence-electron chi connectivity index (χ1n) is 5.00. The molecule has 0 radical (unpaired) electrons. The molecule has 0 aliphatic rings. The fourth-order valence-corrected chi connectivity index (χ4v) is 5.09. The van der Waals surface area contributed by atoms with Crippen molar-refractivity contribution in [2.24, 2.45) is 0 Å². The summed E-state index contributed by atoms with van der Waals surface area (Å²) in [7, 11) is 2.85. The first-order chi connectivity index (χ1) is 5.63. The van der Waals surface area contributed by atoms with Crippen LogP contribution in [0.25, 0.3) is 0 Å². The minimum absolute atomic E-state index is 0.763. The Morgan fingerprint density at radius 1 is 1.17 bits per heavy atom. The number of rotatable bonds is 6. The largest absolute Gasteiger partial charge is 0.328 e. The highest BCUT2D eigenvalue weighted by Crippen LogP contribution is 2.20. The number of hydrogen-bond acceptors (Lipinski definition) is 2. The van der Waals surface area contributed by atoms with Gasteiger partial charge in [-0.1, -0.05) is 33.6 Å². The van der Waals surface area contributed by atoms with Crippen LogP contribution in [0.4, 0.5) is 0 Å². The Morgan fingerprint density at radius 3 is 1.92 bits per heavy atom. The van der Waals surface area contributed by atoms with Gasteiger partial charge in [-0.3, -0.25) is 0 Å². The van der Waals surface area contributed by atoms with E-state index in [9.17, 15) is 0 Å². The number of hydrogen-bond donors (Lipinski definition) is 2. The average Bonchev–Trinajstić information content (AvgIpc) is 2.07. The summed E-state index contributed by atoms with van der Waals surface area (Å²) in [6.45, 7) is 6.88. The molecule has 0 fully saturated rings. The summed E-state index contributed by atoms with van der Waals surface area (Å²) >= 11 is 0. The van der Waals surface area contributed by atoms with Gasteiger partial charge >= 0.3 is 0 Å². The highest BCUT2D eigenvalue weighted by atomic mass is 28.3. The Morgan fingerprint density at radius 2 is 1.67 bits per heavy atom. The van der Waals surface area contributed by atoms with E-state index in [1.165, 1.54) is 18.9 Å². The molecule has 0 spiro atoms. The molecule has 0 rings (SSSR count). The standard InChI is InChI=1S/C9H24N2Si/c1-6-7-8-12(10-4,11-5)9(2)3/h9-11H,6-8H2,1-5H3. The molecule has 0 bridgehead atoms. The zero-order valence-corrected chi connectivity index (χ0v) is 10.2. The first kappa shape index (κ1) is 12.1. The van der Waals surface area contributed by atoms with Gasteiger partial charge in [0.15, 0.2) is 0 Å². The van der Waals surface area contributed by atoms with Gasteiger partial charge in [0.1, 0.15) is 0 Å². The van der Waals surface area contributed by atoms with Crippen LogP contribution in [0.2, 0.25) is 11.6 Å². The topological polar surface area (TPSA) is 24.1 Å². The molecule has 2 nitrogen and oxygen atoms in total. The lowest BCUT2D eigenvalue weighted by Gasteiger charge is -2.34. The van der Waals surface area contributed by atoms with Crippen molar-refractivity contribution in [2.75, 3.05) is 14.1 Å². The van der Waals surface area contributed by atoms with E-state index < -0.39 is 8.40 Å². The van der Waals surface area contributed by atoms with Crippen molar-refractivity contribution in [3.05, 3.63) is 0 Å². The molecule has 2 N–H and O–H groups in total. The van der Waals surface area contributed by atoms with E-state index in [4.69, 9.17) is 0 Å². The minimum atomic E-state index is -1.34. The van der Waals surface area contributed by atoms with Gasteiger partial charge in [0.25, 0.3) is 0 Å². The normalized spacial score (nSPS) is 12.5. The highest BCUT2D eigenvalue weighted by molar-refractivity contribution is 6.76. The molecule has 0 saturated heterocycles. The van der Waals surface area contributed by atoms with Crippen LogP contribution in [0.1, 0.15) is 33.6 Å². The summed E-state index contributed by atoms with van der Waals surface area (Å²) in [4.78, 5) is 7.05. The maximum atomic E-state index is 3.53. The van der Waals surface area contributed by atoms with Gasteiger partial charge < -0.3 is 9.96 Å². The molecular weight excluding hydrogens is 164 g/mol. The Hall–Kier alpha value is 0.137. The maximum absolute atomic E-state index is 3.53. The first-order valence-corrected chi connectivity index (χ1v) is 7.29. The molecule has 0 aliphatic heterocycles. The van der Waals surface area contributed by atoms with E-state index in [0.717, 1.165) is 5.54 Å². The zero-order valence-electron chi connectivity index (χ0n) is 9.20. The Labute approximate surface area is 78.3 Å². The van der Waals surface area contributed by atoms with E-state index in [0.29, 0.717) is 0 Å². The molecule has 12 heavy (non-hydrogen) atoms. The molecule has 3 heteroatoms. The molecule has 0 aromatic carbocycles. The predicted molar refractivity (Wildman–Crippen MR) is 58.7 cm³/mol. The van der Waals surface area contributed by atoms with Gasteiger partial charge in [0.05, 0.1) is 0 Å². The monoisotopic (exact) mass is 188 g/mol. The molecule has 0 amide bonds. The fourth-order valence-electron chi connectivity index (χ4n) is 1.70. The molecule has 0 atom stereocenters. The van der Waals surface area contributed by atoms with Crippen LogP contribution in [0.3, 0.4) is 0 Å². The SMILES string of the molecule is CCCC[Si](NC)(NC)C(C)C. The second kappa shape index (κ2) is 5.73. The predicted octanol–water partition coefficient (Wildman–Crippen LogP) is 2.08. The number of unbranched alkanes of at least 4 members (excludes halogenated alkanes) is 1. The third kappa shape index (κ3) is 2.88. The Balaban J connectivity index is 4.15. The number of nitrogens with one attached hydrogen (secondary N) is 2. The van der Waals surface area contributed by atoms with Crippen LogP contribution >= 0.6 is 0 Å². The van der Waals surface area contributed by atoms with Gasteiger partial charge in [-0.2, -0.15) is 0 Å². The van der Waals surface area contributed by atoms with Crippen LogP contribution in [-0.4, -0.2) is 22.5 Å². The highest BCUT2D eigenvalue weighted by Gasteiger charge is 2.32.